The van der Waals surface area contributed by atoms with Gasteiger partial charge in [0.05, 0.1) is 11.0 Å². The number of piperidine rings is 1. The van der Waals surface area contributed by atoms with E-state index in [1.165, 1.54) is 18.4 Å². The van der Waals surface area contributed by atoms with Crippen LogP contribution in [-0.4, -0.2) is 63.6 Å². The fraction of sp³-hybridized carbons (Fsp3) is 0.536. The Morgan fingerprint density at radius 3 is 2.74 bits per heavy atom. The topological polar surface area (TPSA) is 91.3 Å². The summed E-state index contributed by atoms with van der Waals surface area (Å²) < 4.78 is 13.5. The van der Waals surface area contributed by atoms with Gasteiger partial charge in [0, 0.05) is 23.8 Å². The highest BCUT2D eigenvalue weighted by atomic mass is 16.6. The number of nitrogens with one attached hydrogen (secondary N) is 1. The fourth-order valence-electron chi connectivity index (χ4n) is 8.33. The molecule has 182 valence electrons. The number of anilines is 1. The maximum absolute atomic E-state index is 13.6. The van der Waals surface area contributed by atoms with Gasteiger partial charge in [-0.25, -0.2) is 0 Å². The van der Waals surface area contributed by atoms with E-state index in [1.807, 2.05) is 36.4 Å². The molecule has 4 heterocycles. The van der Waals surface area contributed by atoms with Gasteiger partial charge in [0.25, 0.3) is 5.91 Å². The van der Waals surface area contributed by atoms with Crippen LogP contribution in [0.15, 0.2) is 42.5 Å². The molecule has 4 aliphatic heterocycles. The molecule has 35 heavy (non-hydrogen) atoms. The second-order valence-corrected chi connectivity index (χ2v) is 11.6. The maximum atomic E-state index is 13.6. The lowest BCUT2D eigenvalue weighted by molar-refractivity contribution is -0.344. The molecule has 7 nitrogen and oxygen atoms in total. The van der Waals surface area contributed by atoms with Crippen molar-refractivity contribution in [2.75, 3.05) is 18.4 Å². The molecule has 3 N–H and O–H groups in total. The zero-order chi connectivity index (χ0) is 23.6. The van der Waals surface area contributed by atoms with Gasteiger partial charge in [0.15, 0.2) is 17.6 Å². The van der Waals surface area contributed by atoms with Crippen molar-refractivity contribution in [1.29, 1.82) is 0 Å². The van der Waals surface area contributed by atoms with E-state index in [2.05, 4.69) is 10.2 Å². The van der Waals surface area contributed by atoms with Crippen LogP contribution in [0.1, 0.15) is 43.2 Å². The number of para-hydroxylation sites is 1. The SMILES string of the molecule is O=C(Nc1ccccc1)[C@H]1O[C@@]23CC[C@@]1(O)[C@@H]1Oc4c(O)ccc5c4[C@@]12CCN(CC1CC1)[C@H]3C5. The number of phenolic OH excluding ortho intramolecular Hbond substituents is 1. The summed E-state index contributed by atoms with van der Waals surface area (Å²) in [5.41, 5.74) is 0.194. The Kier molecular flexibility index (Phi) is 3.87. The third kappa shape index (κ3) is 2.40. The highest BCUT2D eigenvalue weighted by Crippen LogP contribution is 2.71. The molecular weight excluding hydrogens is 444 g/mol. The molecule has 2 aromatic carbocycles. The van der Waals surface area contributed by atoms with Crippen LogP contribution in [0.25, 0.3) is 0 Å². The first-order valence-corrected chi connectivity index (χ1v) is 13.0. The van der Waals surface area contributed by atoms with Gasteiger partial charge < -0.3 is 25.0 Å². The van der Waals surface area contributed by atoms with Crippen LogP contribution < -0.4 is 10.1 Å². The largest absolute Gasteiger partial charge is 0.504 e. The van der Waals surface area contributed by atoms with Crippen molar-refractivity contribution in [1.82, 2.24) is 4.90 Å². The van der Waals surface area contributed by atoms with E-state index in [0.717, 1.165) is 37.4 Å². The number of carbonyl (C=O) groups excluding carboxylic acids is 1. The fourth-order valence-corrected chi connectivity index (χ4v) is 8.33. The lowest BCUT2D eigenvalue weighted by Gasteiger charge is -2.72. The number of amides is 1. The Labute approximate surface area is 204 Å². The van der Waals surface area contributed by atoms with Gasteiger partial charge >= 0.3 is 0 Å². The Bertz CT molecular complexity index is 1250. The molecule has 4 bridgehead atoms. The van der Waals surface area contributed by atoms with E-state index in [4.69, 9.17) is 9.47 Å². The van der Waals surface area contributed by atoms with E-state index in [0.29, 0.717) is 24.3 Å². The Balaban J connectivity index is 1.28. The highest BCUT2D eigenvalue weighted by molar-refractivity contribution is 5.95. The standard InChI is InChI=1S/C28H30N2O5/c31-19-9-8-17-14-20-28-11-10-27(33,23(35-28)24(32)29-18-4-2-1-3-5-18)25-26(28,21(17)22(19)34-25)12-13-30(20)15-16-6-7-16/h1-5,8-9,16,20,23,25,31,33H,6-7,10-15H2,(H,29,32)/t20-,23+,25+,26-,27-,28+/m0/s1. The number of aromatic hydroxyl groups is 1. The molecule has 0 aromatic heterocycles. The molecule has 3 saturated heterocycles. The third-order valence-electron chi connectivity index (χ3n) is 9.90. The number of carbonyl (C=O) groups is 1. The smallest absolute Gasteiger partial charge is 0.256 e. The average Bonchev–Trinajstić information content (AvgIpc) is 3.60. The molecular formula is C28H30N2O5. The van der Waals surface area contributed by atoms with E-state index in [9.17, 15) is 15.0 Å². The van der Waals surface area contributed by atoms with Gasteiger partial charge in [0.1, 0.15) is 11.7 Å². The van der Waals surface area contributed by atoms with Gasteiger partial charge in [-0.05, 0) is 74.8 Å². The first-order valence-electron chi connectivity index (χ1n) is 13.0. The van der Waals surface area contributed by atoms with Gasteiger partial charge in [-0.15, -0.1) is 0 Å². The van der Waals surface area contributed by atoms with Crippen LogP contribution in [0.2, 0.25) is 0 Å². The highest BCUT2D eigenvalue weighted by Gasteiger charge is 2.82. The predicted molar refractivity (Wildman–Crippen MR) is 127 cm³/mol. The quantitative estimate of drug-likeness (QED) is 0.631. The van der Waals surface area contributed by atoms with Crippen LogP contribution in [0.3, 0.4) is 0 Å². The summed E-state index contributed by atoms with van der Waals surface area (Å²) in [6.07, 6.45) is 3.60. The zero-order valence-corrected chi connectivity index (χ0v) is 19.6. The molecule has 7 heteroatoms. The summed E-state index contributed by atoms with van der Waals surface area (Å²) in [5, 5.41) is 26.0. The number of ether oxygens (including phenoxy) is 2. The van der Waals surface area contributed by atoms with Gasteiger partial charge in [-0.3, -0.25) is 9.69 Å². The second-order valence-electron chi connectivity index (χ2n) is 11.6. The molecule has 2 aromatic rings. The Morgan fingerprint density at radius 1 is 1.11 bits per heavy atom. The van der Waals surface area contributed by atoms with Crippen molar-refractivity contribution in [3.05, 3.63) is 53.6 Å². The van der Waals surface area contributed by atoms with Crippen molar-refractivity contribution in [2.45, 2.75) is 73.4 Å². The Hall–Kier alpha value is -2.61. The predicted octanol–water partition coefficient (Wildman–Crippen LogP) is 2.73. The van der Waals surface area contributed by atoms with Crippen molar-refractivity contribution in [3.63, 3.8) is 0 Å². The minimum atomic E-state index is -1.48. The Morgan fingerprint density at radius 2 is 1.94 bits per heavy atom. The van der Waals surface area contributed by atoms with E-state index < -0.39 is 28.8 Å². The van der Waals surface area contributed by atoms with Crippen molar-refractivity contribution >= 4 is 11.6 Å². The molecule has 6 atom stereocenters. The van der Waals surface area contributed by atoms with Crippen molar-refractivity contribution in [2.24, 2.45) is 5.92 Å². The van der Waals surface area contributed by atoms with Crippen LogP contribution in [-0.2, 0) is 21.4 Å². The van der Waals surface area contributed by atoms with Gasteiger partial charge in [-0.1, -0.05) is 24.3 Å². The average molecular weight is 475 g/mol. The normalized spacial score (nSPS) is 40.2. The molecule has 7 aliphatic rings. The molecule has 2 saturated carbocycles. The lowest BCUT2D eigenvalue weighted by Crippen LogP contribution is -2.87. The summed E-state index contributed by atoms with van der Waals surface area (Å²) in [5.74, 6) is 0.997. The minimum absolute atomic E-state index is 0.106. The molecule has 3 aliphatic carbocycles. The monoisotopic (exact) mass is 474 g/mol. The summed E-state index contributed by atoms with van der Waals surface area (Å²) in [4.78, 5) is 16.2. The lowest BCUT2D eigenvalue weighted by atomic mass is 9.44. The summed E-state index contributed by atoms with van der Waals surface area (Å²) in [7, 11) is 0. The van der Waals surface area contributed by atoms with Crippen molar-refractivity contribution in [3.8, 4) is 11.5 Å². The van der Waals surface area contributed by atoms with Crippen molar-refractivity contribution < 1.29 is 24.5 Å². The van der Waals surface area contributed by atoms with Crippen LogP contribution >= 0.6 is 0 Å². The second kappa shape index (κ2) is 6.58. The van der Waals surface area contributed by atoms with Gasteiger partial charge in [-0.2, -0.15) is 0 Å². The van der Waals surface area contributed by atoms with E-state index in [1.54, 1.807) is 6.07 Å². The number of benzene rings is 2. The molecule has 5 fully saturated rings. The number of phenols is 1. The first-order chi connectivity index (χ1) is 17.0. The van der Waals surface area contributed by atoms with Gasteiger partial charge in [0.2, 0.25) is 0 Å². The first kappa shape index (κ1) is 20.6. The third-order valence-corrected chi connectivity index (χ3v) is 9.90. The van der Waals surface area contributed by atoms with E-state index in [-0.39, 0.29) is 17.7 Å². The van der Waals surface area contributed by atoms with E-state index >= 15 is 0 Å². The molecule has 0 unspecified atom stereocenters. The number of hydrogen-bond donors (Lipinski definition) is 3. The van der Waals surface area contributed by atoms with Crippen LogP contribution in [0.5, 0.6) is 11.5 Å². The molecule has 2 spiro atoms. The number of fused-ring (bicyclic) bond motifs is 2. The summed E-state index contributed by atoms with van der Waals surface area (Å²) >= 11 is 0. The number of nitrogens with zero attached hydrogens (tertiary/aromatic N) is 1. The zero-order valence-electron chi connectivity index (χ0n) is 19.6. The number of hydrogen-bond acceptors (Lipinski definition) is 6. The molecule has 1 amide bonds. The van der Waals surface area contributed by atoms with Crippen LogP contribution in [0.4, 0.5) is 5.69 Å². The molecule has 9 rings (SSSR count). The summed E-state index contributed by atoms with van der Waals surface area (Å²) in [6.45, 7) is 1.97. The maximum Gasteiger partial charge on any atom is 0.256 e. The number of aliphatic hydroxyl groups is 1. The van der Waals surface area contributed by atoms with Crippen LogP contribution in [0, 0.1) is 5.92 Å². The molecule has 0 radical (unpaired) electrons. The number of likely N-dealkylation sites (tertiary alicyclic amines) is 1. The minimum Gasteiger partial charge on any atom is -0.504 e. The number of rotatable bonds is 4. The summed E-state index contributed by atoms with van der Waals surface area (Å²) in [6, 6.07) is 13.2.